The van der Waals surface area contributed by atoms with Crippen LogP contribution in [0.15, 0.2) is 212 Å². The Hall–Kier alpha value is -8.01. The Kier molecular flexibility index (Phi) is 8.52. The van der Waals surface area contributed by atoms with Gasteiger partial charge in [-0.2, -0.15) is 0 Å². The molecule has 2 aliphatic rings. The van der Waals surface area contributed by atoms with Crippen LogP contribution in [-0.2, 0) is 5.41 Å². The van der Waals surface area contributed by atoms with E-state index in [0.717, 1.165) is 56.0 Å². The first-order valence-electron chi connectivity index (χ1n) is 21.7. The lowest BCUT2D eigenvalue weighted by molar-refractivity contribution is 0.794. The van der Waals surface area contributed by atoms with Crippen LogP contribution in [0.1, 0.15) is 33.5 Å². The molecule has 0 atom stereocenters. The van der Waals surface area contributed by atoms with Gasteiger partial charge in [0.15, 0.2) is 5.82 Å². The Morgan fingerprint density at radius 3 is 1.46 bits per heavy atom. The molecule has 63 heavy (non-hydrogen) atoms. The summed E-state index contributed by atoms with van der Waals surface area (Å²) < 4.78 is 0. The zero-order valence-electron chi connectivity index (χ0n) is 35.0. The van der Waals surface area contributed by atoms with Gasteiger partial charge in [0.25, 0.3) is 0 Å². The molecule has 3 nitrogen and oxygen atoms in total. The van der Waals surface area contributed by atoms with E-state index in [1.807, 2.05) is 6.07 Å². The number of benzene rings is 8. The average molecular weight is 804 g/mol. The van der Waals surface area contributed by atoms with Crippen LogP contribution < -0.4 is 0 Å². The van der Waals surface area contributed by atoms with Gasteiger partial charge in [-0.3, -0.25) is 4.98 Å². The summed E-state index contributed by atoms with van der Waals surface area (Å²) in [5, 5.41) is 0. The van der Waals surface area contributed by atoms with Crippen LogP contribution in [0.4, 0.5) is 0 Å². The van der Waals surface area contributed by atoms with Gasteiger partial charge in [-0.15, -0.1) is 0 Å². The standard InChI is InChI=1S/C60H41N3/c1-38-33-56(42-19-7-4-8-20-42)61-37-51(38)46-22-10-9-21-45(46)50-35-44(59-62-39(2)34-57(63-59)43-31-29-41(30-32-43)40-17-5-3-6-18-40)36-55-58(50)49-25-13-16-28-54(49)60(55)52-26-14-11-23-47(52)48-24-12-15-27-53(48)60/h3-37H,1-2H3. The van der Waals surface area contributed by atoms with Gasteiger partial charge in [-0.25, -0.2) is 9.97 Å². The minimum atomic E-state index is -0.548. The third kappa shape index (κ3) is 5.77. The molecule has 10 aromatic rings. The molecular formula is C60H41N3. The predicted octanol–water partition coefficient (Wildman–Crippen LogP) is 14.8. The van der Waals surface area contributed by atoms with Crippen LogP contribution in [0.25, 0.3) is 89.5 Å². The lowest BCUT2D eigenvalue weighted by Gasteiger charge is -2.31. The third-order valence-corrected chi connectivity index (χ3v) is 13.2. The maximum absolute atomic E-state index is 5.40. The summed E-state index contributed by atoms with van der Waals surface area (Å²) in [7, 11) is 0. The molecule has 0 bridgehead atoms. The molecule has 2 aliphatic carbocycles. The zero-order chi connectivity index (χ0) is 42.1. The Labute approximate surface area is 368 Å². The van der Waals surface area contributed by atoms with E-state index in [1.54, 1.807) is 0 Å². The van der Waals surface area contributed by atoms with Crippen molar-refractivity contribution in [2.45, 2.75) is 19.3 Å². The van der Waals surface area contributed by atoms with E-state index in [4.69, 9.17) is 15.0 Å². The number of aryl methyl sites for hydroxylation is 2. The fourth-order valence-corrected chi connectivity index (χ4v) is 10.4. The van der Waals surface area contributed by atoms with Gasteiger partial charge >= 0.3 is 0 Å². The first-order chi connectivity index (χ1) is 31.1. The quantitative estimate of drug-likeness (QED) is 0.168. The first kappa shape index (κ1) is 36.8. The Morgan fingerprint density at radius 1 is 0.333 bits per heavy atom. The molecule has 0 N–H and O–H groups in total. The van der Waals surface area contributed by atoms with Crippen molar-refractivity contribution in [2.24, 2.45) is 0 Å². The van der Waals surface area contributed by atoms with Crippen LogP contribution >= 0.6 is 0 Å². The van der Waals surface area contributed by atoms with Gasteiger partial charge in [0.1, 0.15) is 0 Å². The van der Waals surface area contributed by atoms with Crippen molar-refractivity contribution in [1.82, 2.24) is 15.0 Å². The maximum Gasteiger partial charge on any atom is 0.160 e. The van der Waals surface area contributed by atoms with Gasteiger partial charge in [0.05, 0.1) is 16.8 Å². The number of aromatic nitrogens is 3. The fourth-order valence-electron chi connectivity index (χ4n) is 10.4. The van der Waals surface area contributed by atoms with E-state index in [2.05, 4.69) is 220 Å². The molecule has 296 valence electrons. The highest BCUT2D eigenvalue weighted by Crippen LogP contribution is 2.64. The molecule has 0 radical (unpaired) electrons. The van der Waals surface area contributed by atoms with Crippen LogP contribution in [-0.4, -0.2) is 15.0 Å². The molecule has 0 amide bonds. The molecule has 0 fully saturated rings. The topological polar surface area (TPSA) is 38.7 Å². The van der Waals surface area contributed by atoms with Crippen LogP contribution in [0, 0.1) is 13.8 Å². The van der Waals surface area contributed by atoms with Crippen molar-refractivity contribution in [2.75, 3.05) is 0 Å². The summed E-state index contributed by atoms with van der Waals surface area (Å²) >= 11 is 0. The molecule has 1 spiro atoms. The fraction of sp³-hybridized carbons (Fsp3) is 0.0500. The van der Waals surface area contributed by atoms with Crippen molar-refractivity contribution in [1.29, 1.82) is 0 Å². The molecule has 0 unspecified atom stereocenters. The van der Waals surface area contributed by atoms with Crippen LogP contribution in [0.5, 0.6) is 0 Å². The molecule has 12 rings (SSSR count). The van der Waals surface area contributed by atoms with Gasteiger partial charge in [-0.05, 0) is 116 Å². The smallest absolute Gasteiger partial charge is 0.160 e. The molecule has 3 heteroatoms. The van der Waals surface area contributed by atoms with Crippen molar-refractivity contribution < 1.29 is 0 Å². The van der Waals surface area contributed by atoms with Gasteiger partial charge in [0.2, 0.25) is 0 Å². The second-order valence-electron chi connectivity index (χ2n) is 16.8. The largest absolute Gasteiger partial charge is 0.256 e. The van der Waals surface area contributed by atoms with Crippen LogP contribution in [0.2, 0.25) is 0 Å². The number of rotatable bonds is 6. The number of hydrogen-bond acceptors (Lipinski definition) is 3. The van der Waals surface area contributed by atoms with Crippen LogP contribution in [0.3, 0.4) is 0 Å². The van der Waals surface area contributed by atoms with E-state index >= 15 is 0 Å². The Balaban J connectivity index is 1.12. The lowest BCUT2D eigenvalue weighted by Crippen LogP contribution is -2.26. The zero-order valence-corrected chi connectivity index (χ0v) is 35.0. The van der Waals surface area contributed by atoms with E-state index in [-0.39, 0.29) is 0 Å². The molecular weight excluding hydrogens is 763 g/mol. The highest BCUT2D eigenvalue weighted by atomic mass is 14.9. The summed E-state index contributed by atoms with van der Waals surface area (Å²) in [6.45, 7) is 4.28. The molecule has 2 heterocycles. The minimum absolute atomic E-state index is 0.548. The van der Waals surface area contributed by atoms with Gasteiger partial charge in [0, 0.05) is 34.1 Å². The summed E-state index contributed by atoms with van der Waals surface area (Å²) in [5.41, 5.74) is 23.6. The van der Waals surface area contributed by atoms with E-state index < -0.39 is 5.41 Å². The second kappa shape index (κ2) is 14.6. The van der Waals surface area contributed by atoms with E-state index in [9.17, 15) is 0 Å². The molecule has 0 aliphatic heterocycles. The number of pyridine rings is 1. The summed E-state index contributed by atoms with van der Waals surface area (Å²) in [4.78, 5) is 15.7. The molecule has 0 saturated heterocycles. The highest BCUT2D eigenvalue weighted by Gasteiger charge is 2.52. The predicted molar refractivity (Wildman–Crippen MR) is 258 cm³/mol. The van der Waals surface area contributed by atoms with Crippen molar-refractivity contribution in [3.63, 3.8) is 0 Å². The van der Waals surface area contributed by atoms with Crippen molar-refractivity contribution >= 4 is 0 Å². The lowest BCUT2D eigenvalue weighted by atomic mass is 9.70. The molecule has 0 saturated carbocycles. The Morgan fingerprint density at radius 2 is 0.825 bits per heavy atom. The number of hydrogen-bond donors (Lipinski definition) is 0. The van der Waals surface area contributed by atoms with Crippen molar-refractivity contribution in [3.05, 3.63) is 246 Å². The van der Waals surface area contributed by atoms with Gasteiger partial charge in [-0.1, -0.05) is 182 Å². The maximum atomic E-state index is 5.40. The normalized spacial score (nSPS) is 12.7. The highest BCUT2D eigenvalue weighted by molar-refractivity contribution is 6.03. The summed E-state index contributed by atoms with van der Waals surface area (Å²) in [6.07, 6.45) is 2.05. The second-order valence-corrected chi connectivity index (χ2v) is 16.8. The Bertz CT molecular complexity index is 3360. The summed E-state index contributed by atoms with van der Waals surface area (Å²) in [6, 6.07) is 74.6. The first-order valence-corrected chi connectivity index (χ1v) is 21.7. The SMILES string of the molecule is Cc1cc(-c2ccc(-c3ccccc3)cc2)nc(-c2cc(-c3ccccc3-c3cnc(-c4ccccc4)cc3C)c3c(c2)C2(c4ccccc4-c4ccccc42)c2ccccc2-3)n1. The average Bonchev–Trinajstić information content (AvgIpc) is 3.82. The summed E-state index contributed by atoms with van der Waals surface area (Å²) in [5.74, 6) is 0.703. The van der Waals surface area contributed by atoms with E-state index in [1.165, 1.54) is 61.2 Å². The molecule has 8 aromatic carbocycles. The third-order valence-electron chi connectivity index (χ3n) is 13.2. The van der Waals surface area contributed by atoms with Crippen molar-refractivity contribution in [3.8, 4) is 89.5 Å². The monoisotopic (exact) mass is 803 g/mol. The van der Waals surface area contributed by atoms with E-state index in [0.29, 0.717) is 5.82 Å². The molecule has 2 aromatic heterocycles. The number of fused-ring (bicyclic) bond motifs is 10. The minimum Gasteiger partial charge on any atom is -0.256 e. The van der Waals surface area contributed by atoms with Gasteiger partial charge < -0.3 is 0 Å². The number of nitrogens with zero attached hydrogens (tertiary/aromatic N) is 3.